The Morgan fingerprint density at radius 3 is 2.29 bits per heavy atom. The van der Waals surface area contributed by atoms with Crippen LogP contribution in [0, 0.1) is 16.7 Å². The summed E-state index contributed by atoms with van der Waals surface area (Å²) < 4.78 is 71.0. The lowest BCUT2D eigenvalue weighted by molar-refractivity contribution is -0.0614. The molecule has 0 spiro atoms. The number of fused-ring (bicyclic) bond motifs is 1. The van der Waals surface area contributed by atoms with Crippen molar-refractivity contribution in [2.45, 2.75) is 65.5 Å². The van der Waals surface area contributed by atoms with E-state index in [1.165, 1.54) is 6.08 Å². The van der Waals surface area contributed by atoms with Crippen molar-refractivity contribution >= 4 is 16.2 Å². The van der Waals surface area contributed by atoms with Gasteiger partial charge in [-0.3, -0.25) is 0 Å². The zero-order valence-corrected chi connectivity index (χ0v) is 17.8. The normalized spacial score (nSPS) is 28.2. The number of carbonyl (C=O) groups is 1. The minimum absolute atomic E-state index is 0.165. The smallest absolute Gasteiger partial charge is 0.444 e. The van der Waals surface area contributed by atoms with E-state index in [4.69, 9.17) is 4.74 Å². The first-order chi connectivity index (χ1) is 12.4. The van der Waals surface area contributed by atoms with Gasteiger partial charge in [0.1, 0.15) is 11.4 Å². The monoisotopic (exact) mass is 427 g/mol. The zero-order valence-electron chi connectivity index (χ0n) is 17.0. The molecule has 10 heteroatoms. The standard InChI is InChI=1S/C18H28F3NO5S/c1-15(2,3)26-14(23)22-10-8-12-16(4,5)13(7-9-17(12,6)11-22)27-28(24,25)18(19,20)21/h7,12H,8-11H2,1-6H3/t12-,17+/m0/s1. The van der Waals surface area contributed by atoms with Crippen molar-refractivity contribution in [2.75, 3.05) is 13.1 Å². The average Bonchev–Trinajstić information content (AvgIpc) is 2.47. The van der Waals surface area contributed by atoms with E-state index >= 15 is 0 Å². The number of amides is 1. The van der Waals surface area contributed by atoms with Crippen LogP contribution in [0.3, 0.4) is 0 Å². The molecule has 1 aliphatic carbocycles. The number of rotatable bonds is 2. The van der Waals surface area contributed by atoms with Crippen molar-refractivity contribution in [3.05, 3.63) is 11.8 Å². The van der Waals surface area contributed by atoms with Crippen LogP contribution in [0.5, 0.6) is 0 Å². The fraction of sp³-hybridized carbons (Fsp3) is 0.833. The van der Waals surface area contributed by atoms with Crippen molar-refractivity contribution in [3.63, 3.8) is 0 Å². The van der Waals surface area contributed by atoms with E-state index in [2.05, 4.69) is 4.18 Å². The fourth-order valence-corrected chi connectivity index (χ4v) is 4.86. The van der Waals surface area contributed by atoms with Crippen LogP contribution < -0.4 is 0 Å². The topological polar surface area (TPSA) is 72.9 Å². The second-order valence-corrected chi connectivity index (χ2v) is 10.9. The summed E-state index contributed by atoms with van der Waals surface area (Å²) in [7, 11) is -5.72. The maximum Gasteiger partial charge on any atom is 0.534 e. The molecule has 1 aliphatic heterocycles. The summed E-state index contributed by atoms with van der Waals surface area (Å²) in [6, 6.07) is 0. The lowest BCUT2D eigenvalue weighted by atomic mass is 9.56. The maximum atomic E-state index is 12.7. The number of allylic oxidation sites excluding steroid dienone is 2. The molecule has 1 saturated heterocycles. The number of carbonyl (C=O) groups excluding carboxylic acids is 1. The third-order valence-electron chi connectivity index (χ3n) is 5.48. The van der Waals surface area contributed by atoms with Crippen LogP contribution in [0.2, 0.25) is 0 Å². The Morgan fingerprint density at radius 2 is 1.79 bits per heavy atom. The summed E-state index contributed by atoms with van der Waals surface area (Å²) in [6.07, 6.45) is 1.76. The quantitative estimate of drug-likeness (QED) is 0.482. The number of ether oxygens (including phenoxy) is 1. The number of halogens is 3. The summed E-state index contributed by atoms with van der Waals surface area (Å²) in [4.78, 5) is 14.0. The molecule has 1 fully saturated rings. The maximum absolute atomic E-state index is 12.7. The van der Waals surface area contributed by atoms with Gasteiger partial charge in [-0.1, -0.05) is 20.8 Å². The Hall–Kier alpha value is -1.45. The van der Waals surface area contributed by atoms with E-state index in [0.717, 1.165) is 0 Å². The molecule has 162 valence electrons. The van der Waals surface area contributed by atoms with Gasteiger partial charge < -0.3 is 13.8 Å². The van der Waals surface area contributed by atoms with E-state index in [1.807, 2.05) is 6.92 Å². The molecule has 6 nitrogen and oxygen atoms in total. The van der Waals surface area contributed by atoms with Gasteiger partial charge in [0.25, 0.3) is 0 Å². The third-order valence-corrected chi connectivity index (χ3v) is 6.44. The summed E-state index contributed by atoms with van der Waals surface area (Å²) in [5.74, 6) is -0.361. The van der Waals surface area contributed by atoms with Crippen molar-refractivity contribution in [1.29, 1.82) is 0 Å². The first-order valence-electron chi connectivity index (χ1n) is 9.08. The van der Waals surface area contributed by atoms with E-state index in [9.17, 15) is 26.4 Å². The van der Waals surface area contributed by atoms with Gasteiger partial charge in [-0.25, -0.2) is 4.79 Å². The molecule has 0 N–H and O–H groups in total. The predicted octanol–water partition coefficient (Wildman–Crippen LogP) is 4.43. The first kappa shape index (κ1) is 22.8. The molecule has 0 aromatic carbocycles. The molecule has 2 atom stereocenters. The molecule has 2 aliphatic rings. The van der Waals surface area contributed by atoms with Gasteiger partial charge in [-0.05, 0) is 51.0 Å². The molecule has 1 amide bonds. The average molecular weight is 427 g/mol. The van der Waals surface area contributed by atoms with E-state index in [1.54, 1.807) is 39.5 Å². The predicted molar refractivity (Wildman–Crippen MR) is 96.6 cm³/mol. The Kier molecular flexibility index (Phi) is 5.55. The Morgan fingerprint density at radius 1 is 1.21 bits per heavy atom. The summed E-state index contributed by atoms with van der Waals surface area (Å²) in [6.45, 7) is 11.4. The van der Waals surface area contributed by atoms with Crippen LogP contribution in [-0.4, -0.2) is 43.6 Å². The molecular formula is C18H28F3NO5S. The van der Waals surface area contributed by atoms with Gasteiger partial charge in [-0.2, -0.15) is 21.6 Å². The molecule has 28 heavy (non-hydrogen) atoms. The van der Waals surface area contributed by atoms with Gasteiger partial charge in [0.05, 0.1) is 0 Å². The second kappa shape index (κ2) is 6.81. The number of nitrogens with zero attached hydrogens (tertiary/aromatic N) is 1. The molecule has 0 radical (unpaired) electrons. The van der Waals surface area contributed by atoms with Crippen LogP contribution in [0.15, 0.2) is 11.8 Å². The first-order valence-corrected chi connectivity index (χ1v) is 10.5. The molecular weight excluding hydrogens is 399 g/mol. The minimum atomic E-state index is -5.72. The third kappa shape index (κ3) is 4.41. The van der Waals surface area contributed by atoms with Gasteiger partial charge in [0, 0.05) is 18.5 Å². The van der Waals surface area contributed by atoms with Crippen LogP contribution >= 0.6 is 0 Å². The summed E-state index contributed by atoms with van der Waals surface area (Å²) in [5.41, 5.74) is -7.49. The van der Waals surface area contributed by atoms with Crippen molar-refractivity contribution in [3.8, 4) is 0 Å². The molecule has 0 aromatic rings. The molecule has 0 bridgehead atoms. The Bertz CT molecular complexity index is 767. The zero-order chi connectivity index (χ0) is 21.8. The number of piperidine rings is 1. The minimum Gasteiger partial charge on any atom is -0.444 e. The van der Waals surface area contributed by atoms with Crippen molar-refractivity contribution in [2.24, 2.45) is 16.7 Å². The highest BCUT2D eigenvalue weighted by molar-refractivity contribution is 7.87. The van der Waals surface area contributed by atoms with Crippen molar-refractivity contribution < 1.29 is 35.3 Å². The highest BCUT2D eigenvalue weighted by atomic mass is 32.2. The van der Waals surface area contributed by atoms with E-state index in [0.29, 0.717) is 25.9 Å². The van der Waals surface area contributed by atoms with Gasteiger partial charge in [-0.15, -0.1) is 0 Å². The van der Waals surface area contributed by atoms with Gasteiger partial charge >= 0.3 is 21.7 Å². The number of hydrogen-bond acceptors (Lipinski definition) is 5. The second-order valence-electron chi connectivity index (χ2n) is 9.37. The Labute approximate surface area is 164 Å². The van der Waals surface area contributed by atoms with E-state index in [-0.39, 0.29) is 11.7 Å². The molecule has 0 saturated carbocycles. The largest absolute Gasteiger partial charge is 0.534 e. The Balaban J connectivity index is 2.25. The SMILES string of the molecule is CC(C)(C)OC(=O)N1CC[C@H]2C(C)(C)C(OS(=O)(=O)C(F)(F)F)=CC[C@]2(C)C1. The highest BCUT2D eigenvalue weighted by Gasteiger charge is 2.55. The molecule has 0 unspecified atom stereocenters. The van der Waals surface area contributed by atoms with E-state index < -0.39 is 38.2 Å². The number of hydrogen-bond donors (Lipinski definition) is 0. The van der Waals surface area contributed by atoms with Crippen LogP contribution in [0.1, 0.15) is 54.4 Å². The summed E-state index contributed by atoms with van der Waals surface area (Å²) in [5, 5.41) is 0. The van der Waals surface area contributed by atoms with Crippen LogP contribution in [-0.2, 0) is 19.0 Å². The lowest BCUT2D eigenvalue weighted by Crippen LogP contribution is -2.56. The number of likely N-dealkylation sites (tertiary alicyclic amines) is 1. The van der Waals surface area contributed by atoms with Gasteiger partial charge in [0.2, 0.25) is 0 Å². The molecule has 1 heterocycles. The molecule has 2 rings (SSSR count). The van der Waals surface area contributed by atoms with Crippen LogP contribution in [0.25, 0.3) is 0 Å². The highest BCUT2D eigenvalue weighted by Crippen LogP contribution is 2.55. The van der Waals surface area contributed by atoms with Crippen molar-refractivity contribution in [1.82, 2.24) is 4.90 Å². The molecule has 0 aromatic heterocycles. The lowest BCUT2D eigenvalue weighted by Gasteiger charge is -2.54. The van der Waals surface area contributed by atoms with Gasteiger partial charge in [0.15, 0.2) is 0 Å². The number of alkyl halides is 3. The fourth-order valence-electron chi connectivity index (χ4n) is 4.25. The van der Waals surface area contributed by atoms with Crippen LogP contribution in [0.4, 0.5) is 18.0 Å². The summed E-state index contributed by atoms with van der Waals surface area (Å²) >= 11 is 0.